The van der Waals surface area contributed by atoms with Crippen molar-refractivity contribution in [1.82, 2.24) is 15.0 Å². The summed E-state index contributed by atoms with van der Waals surface area (Å²) in [6.07, 6.45) is 8.73. The van der Waals surface area contributed by atoms with Crippen LogP contribution in [0.15, 0.2) is 29.5 Å². The quantitative estimate of drug-likeness (QED) is 0.476. The summed E-state index contributed by atoms with van der Waals surface area (Å²) in [6, 6.07) is 3.56. The number of anilines is 2. The van der Waals surface area contributed by atoms with Gasteiger partial charge in [0.2, 0.25) is 5.91 Å². The second-order valence-electron chi connectivity index (χ2n) is 7.81. The molecule has 2 aromatic heterocycles. The van der Waals surface area contributed by atoms with E-state index in [2.05, 4.69) is 20.3 Å². The van der Waals surface area contributed by atoms with Crippen molar-refractivity contribution in [2.24, 2.45) is 16.6 Å². The Bertz CT molecular complexity index is 983. The lowest BCUT2D eigenvalue weighted by Gasteiger charge is -2.35. The maximum atomic E-state index is 12.2. The fourth-order valence-corrected chi connectivity index (χ4v) is 4.09. The highest BCUT2D eigenvalue weighted by Crippen LogP contribution is 2.32. The summed E-state index contributed by atoms with van der Waals surface area (Å²) in [6.45, 7) is 1.03. The van der Waals surface area contributed by atoms with Gasteiger partial charge in [0.25, 0.3) is 0 Å². The topological polar surface area (TPSA) is 142 Å². The molecule has 0 bridgehead atoms. The molecule has 3 heterocycles. The summed E-state index contributed by atoms with van der Waals surface area (Å²) in [5, 5.41) is 9.83. The highest BCUT2D eigenvalue weighted by atomic mass is 16.5. The summed E-state index contributed by atoms with van der Waals surface area (Å²) in [5.41, 5.74) is 7.70. The van der Waals surface area contributed by atoms with E-state index in [-0.39, 0.29) is 18.3 Å². The molecule has 162 valence electrons. The van der Waals surface area contributed by atoms with Crippen molar-refractivity contribution < 1.29 is 9.53 Å². The van der Waals surface area contributed by atoms with Gasteiger partial charge in [0, 0.05) is 25.4 Å². The summed E-state index contributed by atoms with van der Waals surface area (Å²) in [7, 11) is 1.77. The summed E-state index contributed by atoms with van der Waals surface area (Å²) >= 11 is 0. The van der Waals surface area contributed by atoms with Crippen molar-refractivity contribution in [3.05, 3.63) is 30.2 Å². The van der Waals surface area contributed by atoms with Crippen molar-refractivity contribution in [1.29, 1.82) is 5.41 Å². The number of amidine groups is 1. The van der Waals surface area contributed by atoms with Crippen LogP contribution in [0.5, 0.6) is 0 Å². The van der Waals surface area contributed by atoms with Gasteiger partial charge in [-0.15, -0.1) is 0 Å². The van der Waals surface area contributed by atoms with E-state index in [4.69, 9.17) is 20.9 Å². The molecule has 31 heavy (non-hydrogen) atoms. The van der Waals surface area contributed by atoms with Crippen LogP contribution < -0.4 is 16.0 Å². The number of pyridine rings is 1. The van der Waals surface area contributed by atoms with Gasteiger partial charge in [-0.25, -0.2) is 15.0 Å². The van der Waals surface area contributed by atoms with Crippen molar-refractivity contribution in [2.45, 2.75) is 31.8 Å². The average Bonchev–Trinajstić information content (AvgIpc) is 2.79. The predicted molar refractivity (Wildman–Crippen MR) is 118 cm³/mol. The maximum absolute atomic E-state index is 12.2. The Morgan fingerprint density at radius 2 is 2.13 bits per heavy atom. The van der Waals surface area contributed by atoms with Crippen LogP contribution in [0.4, 0.5) is 11.6 Å². The Hall–Kier alpha value is -3.40. The Kier molecular flexibility index (Phi) is 6.17. The molecule has 2 aromatic rings. The number of hydrogen-bond donors (Lipinski definition) is 3. The van der Waals surface area contributed by atoms with Crippen LogP contribution in [0.1, 0.15) is 31.4 Å². The molecule has 0 saturated heterocycles. The molecular formula is C21H26N8O2. The lowest BCUT2D eigenvalue weighted by molar-refractivity contribution is -0.115. The first-order chi connectivity index (χ1) is 15.1. The third-order valence-corrected chi connectivity index (χ3v) is 5.78. The molecule has 10 nitrogen and oxygen atoms in total. The van der Waals surface area contributed by atoms with Crippen LogP contribution in [0.2, 0.25) is 0 Å². The first-order valence-corrected chi connectivity index (χ1v) is 10.3. The average molecular weight is 422 g/mol. The highest BCUT2D eigenvalue weighted by molar-refractivity contribution is 6.00. The van der Waals surface area contributed by atoms with E-state index in [1.165, 1.54) is 0 Å². The van der Waals surface area contributed by atoms with Gasteiger partial charge >= 0.3 is 0 Å². The molecule has 1 aliphatic carbocycles. The van der Waals surface area contributed by atoms with Crippen molar-refractivity contribution in [3.63, 3.8) is 0 Å². The number of carbonyl (C=O) groups excluding carboxylic acids is 1. The fraction of sp³-hybridized carbons (Fsp3) is 0.429. The van der Waals surface area contributed by atoms with Gasteiger partial charge in [-0.1, -0.05) is 0 Å². The minimum atomic E-state index is -0.0768. The number of aromatic nitrogens is 3. The number of nitrogens with zero attached hydrogens (tertiary/aromatic N) is 5. The summed E-state index contributed by atoms with van der Waals surface area (Å²) < 4.78 is 5.47. The lowest BCUT2D eigenvalue weighted by atomic mass is 9.87. The molecule has 10 heteroatoms. The summed E-state index contributed by atoms with van der Waals surface area (Å²) in [4.78, 5) is 31.5. The molecule has 0 aromatic carbocycles. The molecule has 1 amide bonds. The molecule has 0 atom stereocenters. The van der Waals surface area contributed by atoms with E-state index >= 15 is 0 Å². The number of methoxy groups -OCH3 is 1. The maximum Gasteiger partial charge on any atom is 0.245 e. The number of nitrogens with two attached hydrogens (primary N) is 1. The van der Waals surface area contributed by atoms with E-state index in [0.29, 0.717) is 35.0 Å². The SMILES string of the molecule is COC1CCC(CN2CC(=O)Nc3ncc(-c4ccc(C(N)=NC=N)nc4)nc32)CC1. The zero-order chi connectivity index (χ0) is 21.8. The van der Waals surface area contributed by atoms with Crippen molar-refractivity contribution >= 4 is 29.7 Å². The Morgan fingerprint density at radius 1 is 1.32 bits per heavy atom. The van der Waals surface area contributed by atoms with Crippen LogP contribution in [-0.2, 0) is 9.53 Å². The molecule has 0 radical (unpaired) electrons. The molecule has 0 unspecified atom stereocenters. The van der Waals surface area contributed by atoms with Gasteiger partial charge in [0.1, 0.15) is 12.0 Å². The van der Waals surface area contributed by atoms with E-state index in [0.717, 1.165) is 44.1 Å². The predicted octanol–water partition coefficient (Wildman–Crippen LogP) is 1.81. The zero-order valence-electron chi connectivity index (χ0n) is 17.4. The van der Waals surface area contributed by atoms with E-state index in [1.54, 1.807) is 25.6 Å². The monoisotopic (exact) mass is 422 g/mol. The molecule has 2 aliphatic rings. The van der Waals surface area contributed by atoms with Gasteiger partial charge in [-0.2, -0.15) is 0 Å². The van der Waals surface area contributed by atoms with E-state index in [1.807, 2.05) is 11.0 Å². The number of fused-ring (bicyclic) bond motifs is 1. The molecule has 1 fully saturated rings. The minimum absolute atomic E-state index is 0.0768. The fourth-order valence-electron chi connectivity index (χ4n) is 4.09. The van der Waals surface area contributed by atoms with Gasteiger partial charge in [0.15, 0.2) is 17.5 Å². The molecule has 1 saturated carbocycles. The standard InChI is InChI=1S/C21H26N8O2/c1-31-15-5-2-13(3-6-15)10-29-11-18(30)28-20-21(29)27-17(9-25-20)14-4-7-16(24-8-14)19(23)26-12-22/h4,7-9,12-13,15H,2-3,5-6,10-11H2,1H3,(H3,22,23,26)(H,25,28,30). The number of ether oxygens (including phenoxy) is 1. The van der Waals surface area contributed by atoms with Gasteiger partial charge < -0.3 is 20.7 Å². The normalized spacial score (nSPS) is 21.4. The van der Waals surface area contributed by atoms with Gasteiger partial charge in [-0.3, -0.25) is 15.2 Å². The molecule has 1 aliphatic heterocycles. The first-order valence-electron chi connectivity index (χ1n) is 10.3. The second-order valence-corrected chi connectivity index (χ2v) is 7.81. The molecule has 0 spiro atoms. The minimum Gasteiger partial charge on any atom is -0.382 e. The van der Waals surface area contributed by atoms with Crippen LogP contribution in [0.25, 0.3) is 11.3 Å². The second kappa shape index (κ2) is 9.17. The third-order valence-electron chi connectivity index (χ3n) is 5.78. The number of aliphatic imine (C=N–C) groups is 1. The van der Waals surface area contributed by atoms with E-state index in [9.17, 15) is 4.79 Å². The largest absolute Gasteiger partial charge is 0.382 e. The highest BCUT2D eigenvalue weighted by Gasteiger charge is 2.29. The first kappa shape index (κ1) is 20.9. The van der Waals surface area contributed by atoms with Crippen molar-refractivity contribution in [2.75, 3.05) is 30.4 Å². The number of nitrogens with one attached hydrogen (secondary N) is 2. The van der Waals surface area contributed by atoms with Crippen LogP contribution in [-0.4, -0.2) is 59.3 Å². The van der Waals surface area contributed by atoms with Crippen molar-refractivity contribution in [3.8, 4) is 11.3 Å². The number of rotatable bonds is 6. The summed E-state index contributed by atoms with van der Waals surface area (Å²) in [5.74, 6) is 1.76. The zero-order valence-corrected chi connectivity index (χ0v) is 17.4. The molecule has 4 N–H and O–H groups in total. The lowest BCUT2D eigenvalue weighted by Crippen LogP contribution is -2.42. The number of hydrogen-bond acceptors (Lipinski definition) is 7. The van der Waals surface area contributed by atoms with Crippen LogP contribution in [0.3, 0.4) is 0 Å². The van der Waals surface area contributed by atoms with Crippen LogP contribution >= 0.6 is 0 Å². The smallest absolute Gasteiger partial charge is 0.245 e. The van der Waals surface area contributed by atoms with E-state index < -0.39 is 0 Å². The third kappa shape index (κ3) is 4.69. The van der Waals surface area contributed by atoms with Gasteiger partial charge in [0.05, 0.1) is 24.5 Å². The Balaban J connectivity index is 1.55. The Morgan fingerprint density at radius 3 is 2.81 bits per heavy atom. The number of amides is 1. The Labute approximate surface area is 180 Å². The van der Waals surface area contributed by atoms with Gasteiger partial charge in [-0.05, 0) is 43.7 Å². The molecule has 4 rings (SSSR count). The van der Waals surface area contributed by atoms with Crippen LogP contribution in [0, 0.1) is 11.3 Å². The molecular weight excluding hydrogens is 396 g/mol. The number of carbonyl (C=O) groups is 1.